The van der Waals surface area contributed by atoms with Crippen LogP contribution in [-0.4, -0.2) is 29.3 Å². The van der Waals surface area contributed by atoms with Crippen LogP contribution in [0.5, 0.6) is 0 Å². The van der Waals surface area contributed by atoms with Crippen LogP contribution < -0.4 is 5.32 Å². The molecule has 0 spiro atoms. The number of β-amino-alcohol motifs (C(OH)–C–C–N with tert-alkyl or cyclic N) is 1. The van der Waals surface area contributed by atoms with Gasteiger partial charge in [0.15, 0.2) is 0 Å². The number of benzene rings is 1. The van der Waals surface area contributed by atoms with E-state index in [0.717, 1.165) is 5.56 Å². The van der Waals surface area contributed by atoms with Gasteiger partial charge < -0.3 is 9.84 Å². The molecule has 1 saturated heterocycles. The summed E-state index contributed by atoms with van der Waals surface area (Å²) in [6.45, 7) is 0.732. The first-order chi connectivity index (χ1) is 7.66. The van der Waals surface area contributed by atoms with Crippen molar-refractivity contribution in [2.45, 2.75) is 12.3 Å². The zero-order valence-electron chi connectivity index (χ0n) is 8.50. The second-order valence-electron chi connectivity index (χ2n) is 3.62. The van der Waals surface area contributed by atoms with Gasteiger partial charge in [0.2, 0.25) is 0 Å². The fourth-order valence-electron chi connectivity index (χ4n) is 1.55. The van der Waals surface area contributed by atoms with Crippen LogP contribution in [0.15, 0.2) is 24.3 Å². The third-order valence-corrected chi connectivity index (χ3v) is 2.40. The minimum absolute atomic E-state index is 0.0552. The Morgan fingerprint density at radius 3 is 2.62 bits per heavy atom. The molecule has 86 valence electrons. The number of aliphatic hydroxyl groups is 1. The fourth-order valence-corrected chi connectivity index (χ4v) is 1.55. The first-order valence-electron chi connectivity index (χ1n) is 4.94. The largest absolute Gasteiger partial charge is 0.389 e. The average Bonchev–Trinajstić information content (AvgIpc) is 2.30. The van der Waals surface area contributed by atoms with Crippen LogP contribution in [0.25, 0.3) is 0 Å². The van der Waals surface area contributed by atoms with E-state index >= 15 is 0 Å². The smallest absolute Gasteiger partial charge is 0.269 e. The van der Waals surface area contributed by atoms with E-state index in [1.54, 1.807) is 12.1 Å². The Balaban J connectivity index is 2.07. The maximum atomic E-state index is 10.5. The van der Waals surface area contributed by atoms with E-state index in [9.17, 15) is 15.2 Å². The molecule has 0 amide bonds. The highest BCUT2D eigenvalue weighted by molar-refractivity contribution is 5.33. The molecule has 6 nitrogen and oxygen atoms in total. The van der Waals surface area contributed by atoms with Gasteiger partial charge in [0.25, 0.3) is 5.69 Å². The van der Waals surface area contributed by atoms with Gasteiger partial charge in [-0.1, -0.05) is 0 Å². The summed E-state index contributed by atoms with van der Waals surface area (Å²) in [6.07, 6.45) is -0.793. The second kappa shape index (κ2) is 4.56. The maximum absolute atomic E-state index is 10.5. The van der Waals surface area contributed by atoms with Crippen LogP contribution in [0.4, 0.5) is 5.69 Å². The highest BCUT2D eigenvalue weighted by Crippen LogP contribution is 2.20. The topological polar surface area (TPSA) is 84.6 Å². The first kappa shape index (κ1) is 11.0. The zero-order chi connectivity index (χ0) is 11.5. The van der Waals surface area contributed by atoms with Crippen molar-refractivity contribution < 1.29 is 14.8 Å². The maximum Gasteiger partial charge on any atom is 0.269 e. The highest BCUT2D eigenvalue weighted by Gasteiger charge is 2.20. The van der Waals surface area contributed by atoms with Crippen molar-refractivity contribution >= 4 is 5.69 Å². The number of hydrogen-bond donors (Lipinski definition) is 2. The lowest BCUT2D eigenvalue weighted by Crippen LogP contribution is -2.40. The minimum Gasteiger partial charge on any atom is -0.389 e. The van der Waals surface area contributed by atoms with E-state index in [4.69, 9.17) is 4.74 Å². The van der Waals surface area contributed by atoms with Gasteiger partial charge in [0.05, 0.1) is 17.6 Å². The van der Waals surface area contributed by atoms with E-state index in [0.29, 0.717) is 6.54 Å². The average molecular weight is 224 g/mol. The molecule has 1 aliphatic rings. The van der Waals surface area contributed by atoms with Gasteiger partial charge in [-0.2, -0.15) is 0 Å². The SMILES string of the molecule is O=[N+]([O-])c1ccc(C2NCC(O)CO2)cc1. The summed E-state index contributed by atoms with van der Waals surface area (Å²) in [5.74, 6) is 0. The van der Waals surface area contributed by atoms with Crippen molar-refractivity contribution in [2.75, 3.05) is 13.2 Å². The Morgan fingerprint density at radius 1 is 1.44 bits per heavy atom. The van der Waals surface area contributed by atoms with Gasteiger partial charge in [-0.3, -0.25) is 15.4 Å². The molecule has 0 bridgehead atoms. The quantitative estimate of drug-likeness (QED) is 0.566. The lowest BCUT2D eigenvalue weighted by molar-refractivity contribution is -0.384. The second-order valence-corrected chi connectivity index (χ2v) is 3.62. The summed E-state index contributed by atoms with van der Waals surface area (Å²) >= 11 is 0. The molecule has 2 N–H and O–H groups in total. The Bertz CT molecular complexity index is 371. The Hall–Kier alpha value is -1.50. The molecule has 1 aliphatic heterocycles. The number of non-ortho nitro benzene ring substituents is 1. The van der Waals surface area contributed by atoms with Gasteiger partial charge in [0, 0.05) is 18.7 Å². The van der Waals surface area contributed by atoms with E-state index in [1.165, 1.54) is 12.1 Å². The first-order valence-corrected chi connectivity index (χ1v) is 4.94. The van der Waals surface area contributed by atoms with E-state index < -0.39 is 11.0 Å². The third kappa shape index (κ3) is 2.35. The number of nitro benzene ring substituents is 1. The Morgan fingerprint density at radius 2 is 2.12 bits per heavy atom. The number of nitrogens with zero attached hydrogens (tertiary/aromatic N) is 1. The molecule has 1 heterocycles. The van der Waals surface area contributed by atoms with Gasteiger partial charge >= 0.3 is 0 Å². The third-order valence-electron chi connectivity index (χ3n) is 2.40. The van der Waals surface area contributed by atoms with Crippen LogP contribution in [0.2, 0.25) is 0 Å². The molecule has 6 heteroatoms. The number of nitrogens with one attached hydrogen (secondary N) is 1. The molecule has 0 aliphatic carbocycles. The normalized spacial score (nSPS) is 25.3. The number of rotatable bonds is 2. The summed E-state index contributed by atoms with van der Waals surface area (Å²) in [4.78, 5) is 10.0. The minimum atomic E-state index is -0.491. The van der Waals surface area contributed by atoms with Crippen LogP contribution in [0.1, 0.15) is 11.8 Å². The molecule has 2 atom stereocenters. The highest BCUT2D eigenvalue weighted by atomic mass is 16.6. The van der Waals surface area contributed by atoms with Crippen LogP contribution in [-0.2, 0) is 4.74 Å². The molecule has 1 aromatic rings. The van der Waals surface area contributed by atoms with Crippen molar-refractivity contribution in [3.8, 4) is 0 Å². The van der Waals surface area contributed by atoms with Gasteiger partial charge in [-0.05, 0) is 17.7 Å². The van der Waals surface area contributed by atoms with Gasteiger partial charge in [-0.25, -0.2) is 0 Å². The molecule has 0 aromatic heterocycles. The monoisotopic (exact) mass is 224 g/mol. The number of nitro groups is 1. The summed E-state index contributed by atoms with van der Waals surface area (Å²) in [6, 6.07) is 6.16. The predicted octanol–water partition coefficient (Wildman–Crippen LogP) is 0.574. The van der Waals surface area contributed by atoms with E-state index in [-0.39, 0.29) is 18.5 Å². The molecule has 1 aromatic carbocycles. The number of ether oxygens (including phenoxy) is 1. The Labute approximate surface area is 92.0 Å². The molecule has 0 saturated carbocycles. The number of hydrogen-bond acceptors (Lipinski definition) is 5. The molecular formula is C10H12N2O4. The molecule has 1 fully saturated rings. The predicted molar refractivity (Wildman–Crippen MR) is 55.8 cm³/mol. The molecule has 0 radical (unpaired) electrons. The lowest BCUT2D eigenvalue weighted by atomic mass is 10.1. The summed E-state index contributed by atoms with van der Waals surface area (Å²) in [5.41, 5.74) is 0.872. The molecule has 2 unspecified atom stereocenters. The summed E-state index contributed by atoms with van der Waals surface area (Å²) in [7, 11) is 0. The van der Waals surface area contributed by atoms with Crippen LogP contribution in [0, 0.1) is 10.1 Å². The molecule has 16 heavy (non-hydrogen) atoms. The standard InChI is InChI=1S/C10H12N2O4/c13-9-5-11-10(16-6-9)7-1-3-8(4-2-7)12(14)15/h1-4,9-11,13H,5-6H2. The summed E-state index contributed by atoms with van der Waals surface area (Å²) in [5, 5.41) is 22.7. The van der Waals surface area contributed by atoms with Crippen LogP contribution >= 0.6 is 0 Å². The van der Waals surface area contributed by atoms with Gasteiger partial charge in [-0.15, -0.1) is 0 Å². The van der Waals surface area contributed by atoms with Crippen molar-refractivity contribution in [2.24, 2.45) is 0 Å². The van der Waals surface area contributed by atoms with Crippen molar-refractivity contribution in [3.63, 3.8) is 0 Å². The van der Waals surface area contributed by atoms with Crippen molar-refractivity contribution in [3.05, 3.63) is 39.9 Å². The number of aliphatic hydroxyl groups excluding tert-OH is 1. The van der Waals surface area contributed by atoms with E-state index in [2.05, 4.69) is 5.32 Å². The Kier molecular flexibility index (Phi) is 3.14. The van der Waals surface area contributed by atoms with Crippen molar-refractivity contribution in [1.82, 2.24) is 5.32 Å². The zero-order valence-corrected chi connectivity index (χ0v) is 8.50. The summed E-state index contributed by atoms with van der Waals surface area (Å²) < 4.78 is 5.35. The van der Waals surface area contributed by atoms with Crippen molar-refractivity contribution in [1.29, 1.82) is 0 Å². The molecular weight excluding hydrogens is 212 g/mol. The van der Waals surface area contributed by atoms with E-state index in [1.807, 2.05) is 0 Å². The van der Waals surface area contributed by atoms with Gasteiger partial charge in [0.1, 0.15) is 6.23 Å². The molecule has 2 rings (SSSR count). The lowest BCUT2D eigenvalue weighted by Gasteiger charge is -2.27. The fraction of sp³-hybridized carbons (Fsp3) is 0.400. The van der Waals surface area contributed by atoms with Crippen LogP contribution in [0.3, 0.4) is 0 Å².